The monoisotopic (exact) mass is 416 g/mol. The van der Waals surface area contributed by atoms with E-state index in [1.807, 2.05) is 35.2 Å². The van der Waals surface area contributed by atoms with Gasteiger partial charge < -0.3 is 4.90 Å². The Bertz CT molecular complexity index is 1020. The van der Waals surface area contributed by atoms with Gasteiger partial charge >= 0.3 is 0 Å². The quantitative estimate of drug-likeness (QED) is 0.591. The molecule has 5 rings (SSSR count). The lowest BCUT2D eigenvalue weighted by Gasteiger charge is -2.43. The molecule has 0 spiro atoms. The molecular formula is C26H25ClN2O. The Hall–Kier alpha value is -2.62. The summed E-state index contributed by atoms with van der Waals surface area (Å²) >= 11 is 5.94. The molecule has 3 aromatic carbocycles. The molecule has 0 aromatic heterocycles. The van der Waals surface area contributed by atoms with Crippen LogP contribution in [0.1, 0.15) is 11.1 Å². The molecule has 0 aliphatic carbocycles. The van der Waals surface area contributed by atoms with E-state index in [4.69, 9.17) is 11.6 Å². The zero-order chi connectivity index (χ0) is 20.5. The Morgan fingerprint density at radius 1 is 0.800 bits per heavy atom. The van der Waals surface area contributed by atoms with Crippen molar-refractivity contribution in [1.29, 1.82) is 0 Å². The maximum atomic E-state index is 12.7. The highest BCUT2D eigenvalue weighted by Crippen LogP contribution is 2.34. The topological polar surface area (TPSA) is 23.6 Å². The summed E-state index contributed by atoms with van der Waals surface area (Å²) in [6, 6.07) is 27.4. The predicted molar refractivity (Wildman–Crippen MR) is 121 cm³/mol. The summed E-state index contributed by atoms with van der Waals surface area (Å²) in [4.78, 5) is 17.3. The van der Waals surface area contributed by atoms with Crippen molar-refractivity contribution >= 4 is 17.5 Å². The summed E-state index contributed by atoms with van der Waals surface area (Å²) in [6.45, 7) is 3.77. The van der Waals surface area contributed by atoms with Crippen molar-refractivity contribution in [1.82, 2.24) is 9.80 Å². The van der Waals surface area contributed by atoms with Crippen LogP contribution in [0.2, 0.25) is 5.02 Å². The summed E-state index contributed by atoms with van der Waals surface area (Å²) in [7, 11) is 0. The van der Waals surface area contributed by atoms with Gasteiger partial charge in [0.05, 0.1) is 6.42 Å². The molecular weight excluding hydrogens is 392 g/mol. The number of carbonyl (C=O) groups excluding carboxylic acids is 1. The molecule has 4 heteroatoms. The number of hydrogen-bond donors (Lipinski definition) is 0. The van der Waals surface area contributed by atoms with Crippen LogP contribution in [0.5, 0.6) is 0 Å². The van der Waals surface area contributed by atoms with Crippen LogP contribution in [-0.4, -0.2) is 41.4 Å². The molecule has 30 heavy (non-hydrogen) atoms. The maximum Gasteiger partial charge on any atom is 0.227 e. The molecule has 0 bridgehead atoms. The van der Waals surface area contributed by atoms with Crippen LogP contribution in [0.4, 0.5) is 0 Å². The predicted octanol–water partition coefficient (Wildman–Crippen LogP) is 4.89. The van der Waals surface area contributed by atoms with Gasteiger partial charge in [-0.05, 0) is 34.4 Å². The summed E-state index contributed by atoms with van der Waals surface area (Å²) < 4.78 is 0. The van der Waals surface area contributed by atoms with E-state index in [0.717, 1.165) is 31.7 Å². The number of benzene rings is 3. The first-order chi connectivity index (χ1) is 14.7. The van der Waals surface area contributed by atoms with Crippen LogP contribution in [-0.2, 0) is 17.8 Å². The van der Waals surface area contributed by atoms with Crippen LogP contribution in [0.15, 0.2) is 78.9 Å². The minimum atomic E-state index is 0.221. The van der Waals surface area contributed by atoms with E-state index in [-0.39, 0.29) is 5.91 Å². The fraction of sp³-hybridized carbons (Fsp3) is 0.269. The van der Waals surface area contributed by atoms with Gasteiger partial charge in [0.25, 0.3) is 0 Å². The van der Waals surface area contributed by atoms with Gasteiger partial charge in [-0.3, -0.25) is 9.69 Å². The van der Waals surface area contributed by atoms with Gasteiger partial charge in [-0.1, -0.05) is 78.3 Å². The average Bonchev–Trinajstić information content (AvgIpc) is 3.12. The molecule has 2 aliphatic rings. The van der Waals surface area contributed by atoms with Crippen molar-refractivity contribution in [3.05, 3.63) is 95.0 Å². The Kier molecular flexibility index (Phi) is 5.32. The highest BCUT2D eigenvalue weighted by molar-refractivity contribution is 6.30. The third-order valence-corrected chi connectivity index (χ3v) is 6.66. The fourth-order valence-corrected chi connectivity index (χ4v) is 4.81. The van der Waals surface area contributed by atoms with Crippen LogP contribution in [0, 0.1) is 5.92 Å². The van der Waals surface area contributed by atoms with E-state index >= 15 is 0 Å². The first-order valence-electron chi connectivity index (χ1n) is 10.6. The number of likely N-dealkylation sites (tertiary alicyclic amines) is 2. The minimum Gasteiger partial charge on any atom is -0.340 e. The molecule has 152 valence electrons. The lowest BCUT2D eigenvalue weighted by atomic mass is 9.91. The SMILES string of the molecule is O=C(Cc1ccc(Cl)cc1)N1CC2CN(Cc3ccc(-c4ccccc4)cc3)C2C1. The second-order valence-corrected chi connectivity index (χ2v) is 8.86. The smallest absolute Gasteiger partial charge is 0.227 e. The molecule has 2 fully saturated rings. The van der Waals surface area contributed by atoms with Crippen LogP contribution in [0.25, 0.3) is 11.1 Å². The molecule has 0 radical (unpaired) electrons. The van der Waals surface area contributed by atoms with Gasteiger partial charge in [0, 0.05) is 43.2 Å². The first-order valence-corrected chi connectivity index (χ1v) is 10.9. The normalized spacial score (nSPS) is 20.6. The zero-order valence-electron chi connectivity index (χ0n) is 16.9. The van der Waals surface area contributed by atoms with Gasteiger partial charge in [-0.25, -0.2) is 0 Å². The molecule has 3 aromatic rings. The third-order valence-electron chi connectivity index (χ3n) is 6.41. The van der Waals surface area contributed by atoms with Gasteiger partial charge in [-0.2, -0.15) is 0 Å². The van der Waals surface area contributed by atoms with Crippen LogP contribution < -0.4 is 0 Å². The first kappa shape index (κ1) is 19.3. The molecule has 2 saturated heterocycles. The third kappa shape index (κ3) is 4.00. The second kappa shape index (κ2) is 8.25. The van der Waals surface area contributed by atoms with Gasteiger partial charge in [0.2, 0.25) is 5.91 Å². The number of nitrogens with zero attached hydrogens (tertiary/aromatic N) is 2. The van der Waals surface area contributed by atoms with Gasteiger partial charge in [0.1, 0.15) is 0 Å². The zero-order valence-corrected chi connectivity index (χ0v) is 17.6. The highest BCUT2D eigenvalue weighted by atomic mass is 35.5. The Morgan fingerprint density at radius 3 is 2.20 bits per heavy atom. The minimum absolute atomic E-state index is 0.221. The highest BCUT2D eigenvalue weighted by Gasteiger charge is 2.46. The van der Waals surface area contributed by atoms with E-state index in [1.165, 1.54) is 16.7 Å². The number of halogens is 1. The van der Waals surface area contributed by atoms with Crippen LogP contribution >= 0.6 is 11.6 Å². The number of carbonyl (C=O) groups is 1. The van der Waals surface area contributed by atoms with E-state index < -0.39 is 0 Å². The molecule has 3 nitrogen and oxygen atoms in total. The summed E-state index contributed by atoms with van der Waals surface area (Å²) in [5.74, 6) is 0.835. The maximum absolute atomic E-state index is 12.7. The summed E-state index contributed by atoms with van der Waals surface area (Å²) in [5.41, 5.74) is 4.86. The number of fused-ring (bicyclic) bond motifs is 1. The standard InChI is InChI=1S/C26H25ClN2O/c27-24-12-8-19(9-13-24)14-26(30)29-17-23-16-28(25(23)18-29)15-20-6-10-22(11-7-20)21-4-2-1-3-5-21/h1-13,23,25H,14-18H2. The molecule has 2 atom stereocenters. The number of rotatable bonds is 5. The van der Waals surface area contributed by atoms with Gasteiger partial charge in [-0.15, -0.1) is 0 Å². The average molecular weight is 417 g/mol. The van der Waals surface area contributed by atoms with Crippen molar-refractivity contribution in [3.63, 3.8) is 0 Å². The second-order valence-electron chi connectivity index (χ2n) is 8.42. The van der Waals surface area contributed by atoms with Crippen molar-refractivity contribution in [2.75, 3.05) is 19.6 Å². The van der Waals surface area contributed by atoms with E-state index in [9.17, 15) is 4.79 Å². The Labute approximate surface area is 182 Å². The van der Waals surface area contributed by atoms with Gasteiger partial charge in [0.15, 0.2) is 0 Å². The van der Waals surface area contributed by atoms with Crippen molar-refractivity contribution in [2.24, 2.45) is 5.92 Å². The molecule has 0 saturated carbocycles. The van der Waals surface area contributed by atoms with Crippen LogP contribution in [0.3, 0.4) is 0 Å². The van der Waals surface area contributed by atoms with E-state index in [2.05, 4.69) is 53.4 Å². The number of hydrogen-bond acceptors (Lipinski definition) is 2. The van der Waals surface area contributed by atoms with Crippen molar-refractivity contribution in [3.8, 4) is 11.1 Å². The molecule has 0 N–H and O–H groups in total. The molecule has 2 aliphatic heterocycles. The molecule has 2 unspecified atom stereocenters. The summed E-state index contributed by atoms with van der Waals surface area (Å²) in [6.07, 6.45) is 0.456. The molecule has 1 amide bonds. The van der Waals surface area contributed by atoms with E-state index in [0.29, 0.717) is 23.4 Å². The Morgan fingerprint density at radius 2 is 1.47 bits per heavy atom. The summed E-state index contributed by atoms with van der Waals surface area (Å²) in [5, 5.41) is 0.706. The lowest BCUT2D eigenvalue weighted by molar-refractivity contribution is -0.129. The lowest BCUT2D eigenvalue weighted by Crippen LogP contribution is -2.54. The van der Waals surface area contributed by atoms with Crippen molar-refractivity contribution < 1.29 is 4.79 Å². The van der Waals surface area contributed by atoms with E-state index in [1.54, 1.807) is 0 Å². The largest absolute Gasteiger partial charge is 0.340 e. The van der Waals surface area contributed by atoms with Crippen molar-refractivity contribution in [2.45, 2.75) is 19.0 Å². The Balaban J connectivity index is 1.16. The number of amides is 1. The fourth-order valence-electron chi connectivity index (χ4n) is 4.69. The molecule has 2 heterocycles.